The third-order valence-corrected chi connectivity index (χ3v) is 7.36. The number of aromatic nitrogens is 1. The molecule has 2 fully saturated rings. The average Bonchev–Trinajstić information content (AvgIpc) is 3.68. The fraction of sp³-hybridized carbons (Fsp3) is 0.323. The van der Waals surface area contributed by atoms with Gasteiger partial charge in [0.1, 0.15) is 29.5 Å². The molecule has 2 aliphatic rings. The zero-order valence-corrected chi connectivity index (χ0v) is 22.2. The van der Waals surface area contributed by atoms with Gasteiger partial charge < -0.3 is 20.6 Å². The van der Waals surface area contributed by atoms with Crippen LogP contribution in [-0.2, 0) is 4.79 Å². The highest BCUT2D eigenvalue weighted by atomic mass is 19.1. The van der Waals surface area contributed by atoms with E-state index in [0.717, 1.165) is 11.1 Å². The van der Waals surface area contributed by atoms with Gasteiger partial charge in [-0.25, -0.2) is 13.8 Å². The van der Waals surface area contributed by atoms with E-state index in [0.29, 0.717) is 22.5 Å². The highest BCUT2D eigenvalue weighted by Crippen LogP contribution is 2.32. The van der Waals surface area contributed by atoms with E-state index >= 15 is 0 Å². The molecular weight excluding hydrogens is 514 g/mol. The lowest BCUT2D eigenvalue weighted by molar-refractivity contribution is -0.125. The molecule has 1 saturated heterocycles. The van der Waals surface area contributed by atoms with Gasteiger partial charge in [0.15, 0.2) is 0 Å². The fourth-order valence-corrected chi connectivity index (χ4v) is 4.98. The highest BCUT2D eigenvalue weighted by Gasteiger charge is 2.38. The van der Waals surface area contributed by atoms with Crippen LogP contribution in [0.4, 0.5) is 8.78 Å². The number of allylic oxidation sites excluding steroid dienone is 1. The number of rotatable bonds is 9. The number of hydrogen-bond acceptors (Lipinski definition) is 5. The SMILES string of the molecule is C=C(CNC(=O)c1ccc2cc(F)ccc2n1)N1C[C@H](F)CC1C(=O)N[C@@H](C)c1cc(O)ccc1/C=C/C1CC1. The zero-order chi connectivity index (χ0) is 28.4. The number of carbonyl (C=O) groups is 2. The van der Waals surface area contributed by atoms with Crippen LogP contribution in [0.2, 0.25) is 0 Å². The number of benzene rings is 2. The maximum absolute atomic E-state index is 14.5. The number of phenolic OH excluding ortho intramolecular Hbond substituents is 1. The molecule has 2 amide bonds. The molecule has 9 heteroatoms. The van der Waals surface area contributed by atoms with Gasteiger partial charge in [-0.15, -0.1) is 0 Å². The van der Waals surface area contributed by atoms with Gasteiger partial charge >= 0.3 is 0 Å². The molecule has 0 radical (unpaired) electrons. The van der Waals surface area contributed by atoms with Crippen molar-refractivity contribution >= 4 is 28.8 Å². The molecule has 5 rings (SSSR count). The Balaban J connectivity index is 1.22. The monoisotopic (exact) mass is 546 g/mol. The number of halogens is 2. The van der Waals surface area contributed by atoms with E-state index in [-0.39, 0.29) is 42.7 Å². The molecule has 7 nitrogen and oxygen atoms in total. The summed E-state index contributed by atoms with van der Waals surface area (Å²) in [6, 6.07) is 11.1. The molecule has 1 aliphatic heterocycles. The molecule has 1 aromatic heterocycles. The number of pyridine rings is 1. The molecule has 1 aliphatic carbocycles. The van der Waals surface area contributed by atoms with Crippen molar-refractivity contribution in [2.24, 2.45) is 5.92 Å². The molecule has 0 bridgehead atoms. The van der Waals surface area contributed by atoms with E-state index in [1.807, 2.05) is 19.1 Å². The molecule has 0 spiro atoms. The van der Waals surface area contributed by atoms with Crippen LogP contribution in [0.5, 0.6) is 5.75 Å². The highest BCUT2D eigenvalue weighted by molar-refractivity contribution is 5.95. The lowest BCUT2D eigenvalue weighted by atomic mass is 9.99. The number of nitrogens with one attached hydrogen (secondary N) is 2. The Labute approximate surface area is 231 Å². The Morgan fingerprint density at radius 3 is 2.77 bits per heavy atom. The number of aromatic hydroxyl groups is 1. The third-order valence-electron chi connectivity index (χ3n) is 7.36. The fourth-order valence-electron chi connectivity index (χ4n) is 4.98. The molecule has 208 valence electrons. The summed E-state index contributed by atoms with van der Waals surface area (Å²) in [6.07, 6.45) is 5.27. The van der Waals surface area contributed by atoms with Crippen LogP contribution in [0.1, 0.15) is 53.8 Å². The Bertz CT molecular complexity index is 1490. The predicted octanol–water partition coefficient (Wildman–Crippen LogP) is 5.04. The molecule has 40 heavy (non-hydrogen) atoms. The summed E-state index contributed by atoms with van der Waals surface area (Å²) >= 11 is 0. The van der Waals surface area contributed by atoms with Crippen LogP contribution in [0.3, 0.4) is 0 Å². The lowest BCUT2D eigenvalue weighted by Gasteiger charge is -2.29. The molecular formula is C31H32F2N4O3. The second-order valence-electron chi connectivity index (χ2n) is 10.5. The normalized spacial score (nSPS) is 19.6. The van der Waals surface area contributed by atoms with E-state index in [1.165, 1.54) is 37.1 Å². The number of carbonyl (C=O) groups excluding carboxylic acids is 2. The first-order valence-corrected chi connectivity index (χ1v) is 13.4. The summed E-state index contributed by atoms with van der Waals surface area (Å²) in [6.45, 7) is 5.81. The van der Waals surface area contributed by atoms with E-state index in [4.69, 9.17) is 0 Å². The zero-order valence-electron chi connectivity index (χ0n) is 22.2. The van der Waals surface area contributed by atoms with Crippen molar-refractivity contribution in [1.82, 2.24) is 20.5 Å². The molecule has 1 saturated carbocycles. The van der Waals surface area contributed by atoms with Gasteiger partial charge in [0.2, 0.25) is 5.91 Å². The average molecular weight is 547 g/mol. The van der Waals surface area contributed by atoms with Crippen molar-refractivity contribution in [3.63, 3.8) is 0 Å². The Hall–Kier alpha value is -4.27. The molecule has 3 N–H and O–H groups in total. The minimum absolute atomic E-state index is 0.00277. The van der Waals surface area contributed by atoms with E-state index in [2.05, 4.69) is 28.3 Å². The number of nitrogens with zero attached hydrogens (tertiary/aromatic N) is 2. The van der Waals surface area contributed by atoms with Crippen molar-refractivity contribution in [3.8, 4) is 5.75 Å². The van der Waals surface area contributed by atoms with Crippen LogP contribution in [0.25, 0.3) is 17.0 Å². The van der Waals surface area contributed by atoms with Crippen molar-refractivity contribution < 1.29 is 23.5 Å². The van der Waals surface area contributed by atoms with Crippen molar-refractivity contribution in [3.05, 3.63) is 89.5 Å². The maximum atomic E-state index is 14.5. The number of likely N-dealkylation sites (tertiary alicyclic amines) is 1. The first-order chi connectivity index (χ1) is 19.2. The second kappa shape index (κ2) is 11.5. The quantitative estimate of drug-likeness (QED) is 0.350. The van der Waals surface area contributed by atoms with Gasteiger partial charge in [0, 0.05) is 24.0 Å². The van der Waals surface area contributed by atoms with Crippen molar-refractivity contribution in [2.45, 2.75) is 44.4 Å². The maximum Gasteiger partial charge on any atom is 0.270 e. The van der Waals surface area contributed by atoms with Gasteiger partial charge in [-0.2, -0.15) is 0 Å². The summed E-state index contributed by atoms with van der Waals surface area (Å²) in [5.41, 5.74) is 2.70. The number of alkyl halides is 1. The molecule has 2 aromatic carbocycles. The van der Waals surface area contributed by atoms with Crippen molar-refractivity contribution in [2.75, 3.05) is 13.1 Å². The second-order valence-corrected chi connectivity index (χ2v) is 10.5. The number of hydrogen-bond donors (Lipinski definition) is 3. The first-order valence-electron chi connectivity index (χ1n) is 13.4. The predicted molar refractivity (Wildman–Crippen MR) is 150 cm³/mol. The van der Waals surface area contributed by atoms with Crippen LogP contribution >= 0.6 is 0 Å². The molecule has 3 atom stereocenters. The largest absolute Gasteiger partial charge is 0.508 e. The topological polar surface area (TPSA) is 94.6 Å². The van der Waals surface area contributed by atoms with Gasteiger partial charge in [0.05, 0.1) is 18.1 Å². The minimum Gasteiger partial charge on any atom is -0.508 e. The first kappa shape index (κ1) is 27.3. The summed E-state index contributed by atoms with van der Waals surface area (Å²) in [7, 11) is 0. The molecule has 1 unspecified atom stereocenters. The van der Waals surface area contributed by atoms with Crippen LogP contribution < -0.4 is 10.6 Å². The summed E-state index contributed by atoms with van der Waals surface area (Å²) in [4.78, 5) is 31.9. The standard InChI is InChI=1S/C31H32F2N4O3/c1-18(16-34-30(39)28-11-8-22-13-23(32)9-12-27(22)36-28)37-17-24(33)14-29(37)31(40)35-19(2)26-15-25(38)10-7-21(26)6-5-20-3-4-20/h5-13,15,19-20,24,29,38H,1,3-4,14,16-17H2,2H3,(H,34,39)(H,35,40)/b6-5+/t19-,24+,29?/m0/s1. The third kappa shape index (κ3) is 6.30. The van der Waals surface area contributed by atoms with Gasteiger partial charge in [0.25, 0.3) is 5.91 Å². The molecule has 3 aromatic rings. The van der Waals surface area contributed by atoms with Crippen LogP contribution in [0.15, 0.2) is 66.9 Å². The van der Waals surface area contributed by atoms with E-state index in [1.54, 1.807) is 23.1 Å². The van der Waals surface area contributed by atoms with Crippen molar-refractivity contribution in [1.29, 1.82) is 0 Å². The molecule has 2 heterocycles. The summed E-state index contributed by atoms with van der Waals surface area (Å²) in [5, 5.41) is 16.3. The Morgan fingerprint density at radius 2 is 2.00 bits per heavy atom. The number of amides is 2. The lowest BCUT2D eigenvalue weighted by Crippen LogP contribution is -2.45. The number of fused-ring (bicyclic) bond motifs is 1. The summed E-state index contributed by atoms with van der Waals surface area (Å²) in [5.74, 6) is -0.533. The van der Waals surface area contributed by atoms with E-state index < -0.39 is 24.2 Å². The van der Waals surface area contributed by atoms with Gasteiger partial charge in [-0.1, -0.05) is 30.9 Å². The van der Waals surface area contributed by atoms with Crippen LogP contribution in [-0.4, -0.2) is 52.1 Å². The number of phenols is 1. The van der Waals surface area contributed by atoms with E-state index in [9.17, 15) is 23.5 Å². The Morgan fingerprint density at radius 1 is 1.20 bits per heavy atom. The minimum atomic E-state index is -1.22. The summed E-state index contributed by atoms with van der Waals surface area (Å²) < 4.78 is 27.9. The Kier molecular flexibility index (Phi) is 7.82. The smallest absolute Gasteiger partial charge is 0.270 e. The van der Waals surface area contributed by atoms with Gasteiger partial charge in [-0.3, -0.25) is 9.59 Å². The van der Waals surface area contributed by atoms with Gasteiger partial charge in [-0.05, 0) is 73.2 Å². The van der Waals surface area contributed by atoms with Crippen LogP contribution in [0, 0.1) is 11.7 Å².